The maximum atomic E-state index is 2.42. The lowest BCUT2D eigenvalue weighted by molar-refractivity contribution is 0.276. The van der Waals surface area contributed by atoms with Crippen molar-refractivity contribution in [2.75, 3.05) is 0 Å². The summed E-state index contributed by atoms with van der Waals surface area (Å²) < 4.78 is 0. The lowest BCUT2D eigenvalue weighted by Crippen LogP contribution is -2.14. The second kappa shape index (κ2) is 3.60. The fourth-order valence-corrected chi connectivity index (χ4v) is 2.27. The van der Waals surface area contributed by atoms with Crippen molar-refractivity contribution < 1.29 is 0 Å². The van der Waals surface area contributed by atoms with Gasteiger partial charge in [-0.05, 0) is 36.5 Å². The first-order valence-electron chi connectivity index (χ1n) is 5.11. The molecule has 0 aromatic heterocycles. The molecule has 1 rings (SSSR count). The Bertz CT molecular complexity index is 115. The molecule has 0 heterocycles. The number of rotatable bonds is 2. The highest BCUT2D eigenvalue weighted by molar-refractivity contribution is 4.77. The highest BCUT2D eigenvalue weighted by Crippen LogP contribution is 2.37. The molecule has 1 saturated carbocycles. The highest BCUT2D eigenvalue weighted by Gasteiger charge is 2.27. The van der Waals surface area contributed by atoms with Crippen molar-refractivity contribution in [2.24, 2.45) is 23.7 Å². The molecule has 1 aliphatic carbocycles. The molecule has 1 fully saturated rings. The predicted octanol–water partition coefficient (Wildman–Crippen LogP) is 3.71. The van der Waals surface area contributed by atoms with E-state index in [2.05, 4.69) is 27.7 Å². The van der Waals surface area contributed by atoms with Crippen LogP contribution < -0.4 is 0 Å². The van der Waals surface area contributed by atoms with Crippen LogP contribution in [0.1, 0.15) is 47.0 Å². The summed E-state index contributed by atoms with van der Waals surface area (Å²) in [5.41, 5.74) is 0. The molecule has 0 aliphatic heterocycles. The Morgan fingerprint density at radius 3 is 2.09 bits per heavy atom. The van der Waals surface area contributed by atoms with Gasteiger partial charge < -0.3 is 0 Å². The van der Waals surface area contributed by atoms with Crippen LogP contribution in [0.3, 0.4) is 0 Å². The zero-order chi connectivity index (χ0) is 8.43. The van der Waals surface area contributed by atoms with Crippen molar-refractivity contribution in [2.45, 2.75) is 47.0 Å². The lowest BCUT2D eigenvalue weighted by atomic mass is 9.83. The van der Waals surface area contributed by atoms with E-state index in [9.17, 15) is 0 Å². The van der Waals surface area contributed by atoms with Gasteiger partial charge in [-0.25, -0.2) is 0 Å². The molecule has 0 aromatic carbocycles. The summed E-state index contributed by atoms with van der Waals surface area (Å²) in [4.78, 5) is 0. The summed E-state index contributed by atoms with van der Waals surface area (Å²) in [6, 6.07) is 0. The van der Waals surface area contributed by atoms with Crippen LogP contribution in [0.2, 0.25) is 0 Å². The van der Waals surface area contributed by atoms with E-state index < -0.39 is 0 Å². The van der Waals surface area contributed by atoms with E-state index in [-0.39, 0.29) is 0 Å². The first kappa shape index (κ1) is 9.09. The van der Waals surface area contributed by atoms with E-state index in [1.807, 2.05) is 0 Å². The molecule has 0 aromatic rings. The van der Waals surface area contributed by atoms with Crippen molar-refractivity contribution in [3.05, 3.63) is 0 Å². The fraction of sp³-hybridized carbons (Fsp3) is 1.00. The van der Waals surface area contributed by atoms with E-state index in [0.29, 0.717) is 0 Å². The van der Waals surface area contributed by atoms with Gasteiger partial charge in [-0.2, -0.15) is 0 Å². The Kier molecular flexibility index (Phi) is 2.98. The maximum Gasteiger partial charge on any atom is -0.0383 e. The van der Waals surface area contributed by atoms with Crippen molar-refractivity contribution in [3.8, 4) is 0 Å². The number of hydrogen-bond donors (Lipinski definition) is 0. The largest absolute Gasteiger partial charge is 0.0625 e. The molecule has 0 heteroatoms. The Morgan fingerprint density at radius 1 is 1.09 bits per heavy atom. The van der Waals surface area contributed by atoms with Gasteiger partial charge >= 0.3 is 0 Å². The fourth-order valence-electron chi connectivity index (χ4n) is 2.27. The summed E-state index contributed by atoms with van der Waals surface area (Å²) in [6.45, 7) is 9.53. The quantitative estimate of drug-likeness (QED) is 0.568. The molecule has 3 atom stereocenters. The smallest absolute Gasteiger partial charge is 0.0383 e. The normalized spacial score (nSPS) is 34.6. The van der Waals surface area contributed by atoms with Crippen LogP contribution in [0.5, 0.6) is 0 Å². The van der Waals surface area contributed by atoms with Gasteiger partial charge in [0.25, 0.3) is 0 Å². The summed E-state index contributed by atoms with van der Waals surface area (Å²) in [5, 5.41) is 0. The second-order valence-electron chi connectivity index (χ2n) is 4.78. The third kappa shape index (κ3) is 2.21. The van der Waals surface area contributed by atoms with Gasteiger partial charge in [0.15, 0.2) is 0 Å². The van der Waals surface area contributed by atoms with E-state index in [0.717, 1.165) is 23.7 Å². The van der Waals surface area contributed by atoms with Crippen LogP contribution in [-0.4, -0.2) is 0 Å². The highest BCUT2D eigenvalue weighted by atomic mass is 14.3. The van der Waals surface area contributed by atoms with Gasteiger partial charge in [-0.3, -0.25) is 0 Å². The molecular weight excluding hydrogens is 132 g/mol. The van der Waals surface area contributed by atoms with Crippen LogP contribution in [0.15, 0.2) is 0 Å². The van der Waals surface area contributed by atoms with Crippen molar-refractivity contribution in [1.29, 1.82) is 0 Å². The van der Waals surface area contributed by atoms with Crippen LogP contribution in [0, 0.1) is 23.7 Å². The van der Waals surface area contributed by atoms with Crippen LogP contribution in [0.4, 0.5) is 0 Å². The molecule has 0 spiro atoms. The molecule has 1 aliphatic rings. The molecule has 0 amide bonds. The van der Waals surface area contributed by atoms with Gasteiger partial charge in [-0.1, -0.05) is 34.1 Å². The molecule has 0 bridgehead atoms. The topological polar surface area (TPSA) is 0 Å². The summed E-state index contributed by atoms with van der Waals surface area (Å²) in [7, 11) is 0. The Morgan fingerprint density at radius 2 is 1.73 bits per heavy atom. The van der Waals surface area contributed by atoms with Gasteiger partial charge in [0.1, 0.15) is 0 Å². The molecule has 3 unspecified atom stereocenters. The Balaban J connectivity index is 2.36. The first-order chi connectivity index (χ1) is 5.11. The molecule has 0 N–H and O–H groups in total. The van der Waals surface area contributed by atoms with E-state index >= 15 is 0 Å². The van der Waals surface area contributed by atoms with Gasteiger partial charge in [0, 0.05) is 0 Å². The van der Waals surface area contributed by atoms with Crippen LogP contribution >= 0.6 is 0 Å². The molecule has 11 heavy (non-hydrogen) atoms. The average molecular weight is 154 g/mol. The molecular formula is C11H22. The Labute approximate surface area is 71.4 Å². The second-order valence-corrected chi connectivity index (χ2v) is 4.78. The van der Waals surface area contributed by atoms with E-state index in [4.69, 9.17) is 0 Å². The van der Waals surface area contributed by atoms with Gasteiger partial charge in [-0.15, -0.1) is 0 Å². The average Bonchev–Trinajstić information content (AvgIpc) is 2.34. The first-order valence-corrected chi connectivity index (χ1v) is 5.11. The minimum atomic E-state index is 0.880. The minimum Gasteiger partial charge on any atom is -0.0625 e. The SMILES string of the molecule is CC1CCC(C(C)C(C)C)C1. The summed E-state index contributed by atoms with van der Waals surface area (Å²) in [5.74, 6) is 3.86. The maximum absolute atomic E-state index is 2.42. The Hall–Kier alpha value is 0. The van der Waals surface area contributed by atoms with Crippen LogP contribution in [0.25, 0.3) is 0 Å². The lowest BCUT2D eigenvalue weighted by Gasteiger charge is -2.22. The molecule has 0 nitrogen and oxygen atoms in total. The predicted molar refractivity (Wildman–Crippen MR) is 50.5 cm³/mol. The van der Waals surface area contributed by atoms with Gasteiger partial charge in [0.2, 0.25) is 0 Å². The molecule has 0 saturated heterocycles. The van der Waals surface area contributed by atoms with E-state index in [1.54, 1.807) is 0 Å². The van der Waals surface area contributed by atoms with Crippen molar-refractivity contribution in [3.63, 3.8) is 0 Å². The van der Waals surface area contributed by atoms with Crippen molar-refractivity contribution >= 4 is 0 Å². The monoisotopic (exact) mass is 154 g/mol. The zero-order valence-corrected chi connectivity index (χ0v) is 8.43. The molecule has 0 radical (unpaired) electrons. The third-order valence-corrected chi connectivity index (χ3v) is 3.53. The standard InChI is InChI=1S/C11H22/c1-8(2)10(4)11-6-5-9(3)7-11/h8-11H,5-7H2,1-4H3. The van der Waals surface area contributed by atoms with Gasteiger partial charge in [0.05, 0.1) is 0 Å². The van der Waals surface area contributed by atoms with Crippen LogP contribution in [-0.2, 0) is 0 Å². The molecule has 66 valence electrons. The third-order valence-electron chi connectivity index (χ3n) is 3.53. The van der Waals surface area contributed by atoms with Crippen molar-refractivity contribution in [1.82, 2.24) is 0 Å². The summed E-state index contributed by atoms with van der Waals surface area (Å²) >= 11 is 0. The minimum absolute atomic E-state index is 0.880. The van der Waals surface area contributed by atoms with E-state index in [1.165, 1.54) is 19.3 Å². The zero-order valence-electron chi connectivity index (χ0n) is 8.43. The number of hydrogen-bond acceptors (Lipinski definition) is 0. The summed E-state index contributed by atoms with van der Waals surface area (Å²) in [6.07, 6.45) is 4.45.